The second kappa shape index (κ2) is 8.18. The fourth-order valence-corrected chi connectivity index (χ4v) is 3.03. The molecule has 6 nitrogen and oxygen atoms in total. The summed E-state index contributed by atoms with van der Waals surface area (Å²) in [6.07, 6.45) is -0.654. The summed E-state index contributed by atoms with van der Waals surface area (Å²) >= 11 is 1.13. The summed E-state index contributed by atoms with van der Waals surface area (Å²) in [6, 6.07) is 13.2. The molecule has 0 aliphatic heterocycles. The number of nitrogens with one attached hydrogen (secondary N) is 1. The van der Waals surface area contributed by atoms with Crippen LogP contribution in [0, 0.1) is 13.8 Å². The van der Waals surface area contributed by atoms with Crippen LogP contribution in [-0.4, -0.2) is 28.5 Å². The van der Waals surface area contributed by atoms with Crippen LogP contribution in [0.15, 0.2) is 42.5 Å². The number of rotatable bonds is 6. The number of amides is 1. The van der Waals surface area contributed by atoms with E-state index in [4.69, 9.17) is 9.47 Å². The van der Waals surface area contributed by atoms with Crippen LogP contribution in [0.25, 0.3) is 11.4 Å². The van der Waals surface area contributed by atoms with Gasteiger partial charge < -0.3 is 9.47 Å². The van der Waals surface area contributed by atoms with Gasteiger partial charge in [0.25, 0.3) is 5.91 Å². The third-order valence-corrected chi connectivity index (χ3v) is 4.86. The lowest BCUT2D eigenvalue weighted by atomic mass is 10.1. The molecule has 0 unspecified atom stereocenters. The Morgan fingerprint density at radius 3 is 2.59 bits per heavy atom. The van der Waals surface area contributed by atoms with Crippen molar-refractivity contribution in [3.63, 3.8) is 0 Å². The zero-order valence-corrected chi connectivity index (χ0v) is 16.5. The molecule has 1 amide bonds. The molecule has 3 rings (SSSR count). The average molecular weight is 383 g/mol. The maximum atomic E-state index is 12.4. The molecule has 0 saturated heterocycles. The van der Waals surface area contributed by atoms with E-state index >= 15 is 0 Å². The standard InChI is InChI=1S/C20H21N3O3S/c1-12-6-5-7-17(13(12)2)26-14(3)19(24)22-20-21-18(23-27-20)15-8-10-16(25-4)11-9-15/h5-11,14H,1-4H3,(H,21,22,23,24)/t14-/m1/s1. The Balaban J connectivity index is 1.65. The summed E-state index contributed by atoms with van der Waals surface area (Å²) < 4.78 is 15.3. The van der Waals surface area contributed by atoms with Crippen LogP contribution < -0.4 is 14.8 Å². The number of anilines is 1. The Kier molecular flexibility index (Phi) is 5.71. The maximum Gasteiger partial charge on any atom is 0.266 e. The van der Waals surface area contributed by atoms with Crippen molar-refractivity contribution in [3.8, 4) is 22.9 Å². The molecular weight excluding hydrogens is 362 g/mol. The molecule has 140 valence electrons. The number of methoxy groups -OCH3 is 1. The van der Waals surface area contributed by atoms with Gasteiger partial charge in [-0.2, -0.15) is 9.36 Å². The van der Waals surface area contributed by atoms with Crippen molar-refractivity contribution in [3.05, 3.63) is 53.6 Å². The SMILES string of the molecule is COc1ccc(-c2nsc(NC(=O)[C@@H](C)Oc3cccc(C)c3C)n2)cc1. The Morgan fingerprint density at radius 1 is 1.15 bits per heavy atom. The number of carbonyl (C=O) groups excluding carboxylic acids is 1. The topological polar surface area (TPSA) is 73.3 Å². The quantitative estimate of drug-likeness (QED) is 0.689. The van der Waals surface area contributed by atoms with E-state index in [9.17, 15) is 4.79 Å². The number of aromatic nitrogens is 2. The maximum absolute atomic E-state index is 12.4. The molecule has 1 atom stereocenters. The third kappa shape index (κ3) is 4.43. The Bertz CT molecular complexity index is 938. The summed E-state index contributed by atoms with van der Waals surface area (Å²) in [5.41, 5.74) is 3.00. The van der Waals surface area contributed by atoms with Crippen LogP contribution in [0.5, 0.6) is 11.5 Å². The van der Waals surface area contributed by atoms with Gasteiger partial charge in [-0.3, -0.25) is 10.1 Å². The number of benzene rings is 2. The van der Waals surface area contributed by atoms with E-state index in [0.717, 1.165) is 34.0 Å². The van der Waals surface area contributed by atoms with Crippen molar-refractivity contribution in [1.29, 1.82) is 0 Å². The molecule has 1 aromatic heterocycles. The monoisotopic (exact) mass is 383 g/mol. The van der Waals surface area contributed by atoms with Gasteiger partial charge in [0.15, 0.2) is 11.9 Å². The molecule has 0 bridgehead atoms. The normalized spacial score (nSPS) is 11.7. The summed E-state index contributed by atoms with van der Waals surface area (Å²) in [6.45, 7) is 5.69. The lowest BCUT2D eigenvalue weighted by molar-refractivity contribution is -0.122. The minimum atomic E-state index is -0.654. The van der Waals surface area contributed by atoms with E-state index in [1.165, 1.54) is 0 Å². The van der Waals surface area contributed by atoms with Gasteiger partial charge in [0.05, 0.1) is 7.11 Å². The van der Waals surface area contributed by atoms with Crippen LogP contribution in [-0.2, 0) is 4.79 Å². The van der Waals surface area contributed by atoms with E-state index in [1.54, 1.807) is 14.0 Å². The molecule has 27 heavy (non-hydrogen) atoms. The first-order chi connectivity index (χ1) is 13.0. The van der Waals surface area contributed by atoms with E-state index in [1.807, 2.05) is 56.3 Å². The first-order valence-corrected chi connectivity index (χ1v) is 9.27. The Labute approximate surface area is 162 Å². The molecule has 7 heteroatoms. The molecule has 1 N–H and O–H groups in total. The number of aryl methyl sites for hydroxylation is 1. The lowest BCUT2D eigenvalue weighted by Gasteiger charge is -2.16. The van der Waals surface area contributed by atoms with Crippen molar-refractivity contribution in [1.82, 2.24) is 9.36 Å². The molecule has 0 radical (unpaired) electrons. The highest BCUT2D eigenvalue weighted by molar-refractivity contribution is 7.10. The van der Waals surface area contributed by atoms with Gasteiger partial charge in [0, 0.05) is 17.1 Å². The second-order valence-corrected chi connectivity index (χ2v) is 6.85. The van der Waals surface area contributed by atoms with Gasteiger partial charge in [-0.1, -0.05) is 12.1 Å². The summed E-state index contributed by atoms with van der Waals surface area (Å²) in [4.78, 5) is 16.8. The molecule has 0 aliphatic carbocycles. The van der Waals surface area contributed by atoms with E-state index in [2.05, 4.69) is 14.7 Å². The van der Waals surface area contributed by atoms with Crippen molar-refractivity contribution in [2.75, 3.05) is 12.4 Å². The van der Waals surface area contributed by atoms with Crippen LogP contribution in [0.2, 0.25) is 0 Å². The fraction of sp³-hybridized carbons (Fsp3) is 0.250. The van der Waals surface area contributed by atoms with Crippen molar-refractivity contribution in [2.45, 2.75) is 26.9 Å². The number of ether oxygens (including phenoxy) is 2. The zero-order valence-electron chi connectivity index (χ0n) is 15.6. The van der Waals surface area contributed by atoms with Gasteiger partial charge >= 0.3 is 0 Å². The fourth-order valence-electron chi connectivity index (χ4n) is 2.43. The minimum absolute atomic E-state index is 0.270. The highest BCUT2D eigenvalue weighted by atomic mass is 32.1. The predicted molar refractivity (Wildman–Crippen MR) is 107 cm³/mol. The van der Waals surface area contributed by atoms with Crippen LogP contribution in [0.1, 0.15) is 18.1 Å². The molecule has 0 saturated carbocycles. The second-order valence-electron chi connectivity index (χ2n) is 6.10. The van der Waals surface area contributed by atoms with Gasteiger partial charge in [-0.25, -0.2) is 0 Å². The highest BCUT2D eigenvalue weighted by Gasteiger charge is 2.18. The summed E-state index contributed by atoms with van der Waals surface area (Å²) in [5, 5.41) is 3.20. The number of carbonyl (C=O) groups is 1. The van der Waals surface area contributed by atoms with Gasteiger partial charge in [-0.15, -0.1) is 0 Å². The minimum Gasteiger partial charge on any atom is -0.497 e. The number of hydrogen-bond acceptors (Lipinski definition) is 6. The molecule has 0 aliphatic rings. The number of hydrogen-bond donors (Lipinski definition) is 1. The van der Waals surface area contributed by atoms with Crippen LogP contribution in [0.3, 0.4) is 0 Å². The zero-order chi connectivity index (χ0) is 19.4. The summed E-state index contributed by atoms with van der Waals surface area (Å²) in [7, 11) is 1.62. The van der Waals surface area contributed by atoms with E-state index in [0.29, 0.717) is 16.7 Å². The lowest BCUT2D eigenvalue weighted by Crippen LogP contribution is -2.30. The largest absolute Gasteiger partial charge is 0.497 e. The van der Waals surface area contributed by atoms with Crippen molar-refractivity contribution >= 4 is 22.6 Å². The number of nitrogens with zero attached hydrogens (tertiary/aromatic N) is 2. The molecule has 3 aromatic rings. The van der Waals surface area contributed by atoms with Gasteiger partial charge in [0.2, 0.25) is 5.13 Å². The van der Waals surface area contributed by atoms with Crippen molar-refractivity contribution < 1.29 is 14.3 Å². The molecular formula is C20H21N3O3S. The van der Waals surface area contributed by atoms with Gasteiger partial charge in [0.1, 0.15) is 11.5 Å². The van der Waals surface area contributed by atoms with Crippen LogP contribution >= 0.6 is 11.5 Å². The summed E-state index contributed by atoms with van der Waals surface area (Å²) in [5.74, 6) is 1.75. The molecule has 0 spiro atoms. The van der Waals surface area contributed by atoms with E-state index < -0.39 is 6.10 Å². The first-order valence-electron chi connectivity index (χ1n) is 8.50. The smallest absolute Gasteiger partial charge is 0.266 e. The molecule has 0 fully saturated rings. The van der Waals surface area contributed by atoms with Crippen molar-refractivity contribution in [2.24, 2.45) is 0 Å². The van der Waals surface area contributed by atoms with Crippen LogP contribution in [0.4, 0.5) is 5.13 Å². The average Bonchev–Trinajstić information content (AvgIpc) is 3.14. The highest BCUT2D eigenvalue weighted by Crippen LogP contribution is 2.24. The Morgan fingerprint density at radius 2 is 1.89 bits per heavy atom. The Hall–Kier alpha value is -2.93. The molecule has 1 heterocycles. The first kappa shape index (κ1) is 18.8. The van der Waals surface area contributed by atoms with Gasteiger partial charge in [-0.05, 0) is 62.2 Å². The molecule has 2 aromatic carbocycles. The third-order valence-electron chi connectivity index (χ3n) is 4.23. The van der Waals surface area contributed by atoms with E-state index in [-0.39, 0.29) is 5.91 Å². The predicted octanol–water partition coefficient (Wildman–Crippen LogP) is 4.24.